The summed E-state index contributed by atoms with van der Waals surface area (Å²) in [6, 6.07) is 2.18. The van der Waals surface area contributed by atoms with E-state index in [2.05, 4.69) is 15.9 Å². The summed E-state index contributed by atoms with van der Waals surface area (Å²) in [6.45, 7) is -1.74. The lowest BCUT2D eigenvalue weighted by molar-refractivity contribution is -0.122. The van der Waals surface area contributed by atoms with Gasteiger partial charge in [-0.2, -0.15) is 8.78 Å². The van der Waals surface area contributed by atoms with Crippen molar-refractivity contribution in [3.63, 3.8) is 0 Å². The van der Waals surface area contributed by atoms with Gasteiger partial charge in [0.1, 0.15) is 10.6 Å². The van der Waals surface area contributed by atoms with E-state index >= 15 is 0 Å². The number of benzene rings is 1. The number of ether oxygens (including phenoxy) is 1. The Balaban J connectivity index is 3.12. The number of rotatable bonds is 6. The SMILES string of the molecule is COc1cc(Br)c(N)cc1S(=O)(=O)NCC(F)(F)C(F)F. The monoisotopic (exact) mass is 394 g/mol. The van der Waals surface area contributed by atoms with Gasteiger partial charge in [0.05, 0.1) is 13.7 Å². The van der Waals surface area contributed by atoms with Crippen LogP contribution >= 0.6 is 15.9 Å². The highest BCUT2D eigenvalue weighted by atomic mass is 79.9. The zero-order chi connectivity index (χ0) is 16.4. The molecule has 0 unspecified atom stereocenters. The van der Waals surface area contributed by atoms with E-state index in [-0.39, 0.29) is 11.4 Å². The fourth-order valence-corrected chi connectivity index (χ4v) is 2.82. The van der Waals surface area contributed by atoms with Crippen LogP contribution in [0.3, 0.4) is 0 Å². The number of halogens is 5. The maximum Gasteiger partial charge on any atom is 0.320 e. The van der Waals surface area contributed by atoms with E-state index < -0.39 is 33.8 Å². The Kier molecular flexibility index (Phi) is 5.45. The largest absolute Gasteiger partial charge is 0.495 e. The van der Waals surface area contributed by atoms with Crippen molar-refractivity contribution in [3.05, 3.63) is 16.6 Å². The lowest BCUT2D eigenvalue weighted by Crippen LogP contribution is -2.41. The van der Waals surface area contributed by atoms with E-state index in [0.717, 1.165) is 13.2 Å². The fraction of sp³-hybridized carbons (Fsp3) is 0.400. The summed E-state index contributed by atoms with van der Waals surface area (Å²) in [5, 5.41) is 0. The normalized spacial score (nSPS) is 12.7. The number of anilines is 1. The summed E-state index contributed by atoms with van der Waals surface area (Å²) in [5.74, 6) is -4.66. The number of alkyl halides is 4. The zero-order valence-electron chi connectivity index (χ0n) is 10.5. The molecule has 0 radical (unpaired) electrons. The van der Waals surface area contributed by atoms with Crippen LogP contribution < -0.4 is 15.2 Å². The molecule has 21 heavy (non-hydrogen) atoms. The highest BCUT2D eigenvalue weighted by molar-refractivity contribution is 9.10. The van der Waals surface area contributed by atoms with E-state index in [1.165, 1.54) is 10.8 Å². The van der Waals surface area contributed by atoms with Crippen LogP contribution in [0.1, 0.15) is 0 Å². The molecule has 0 spiro atoms. The Morgan fingerprint density at radius 1 is 1.43 bits per heavy atom. The van der Waals surface area contributed by atoms with Gasteiger partial charge in [-0.05, 0) is 28.1 Å². The van der Waals surface area contributed by atoms with E-state index in [1.54, 1.807) is 0 Å². The summed E-state index contributed by atoms with van der Waals surface area (Å²) >= 11 is 3.04. The first kappa shape index (κ1) is 18.0. The second-order valence-corrected chi connectivity index (χ2v) is 6.50. The topological polar surface area (TPSA) is 81.4 Å². The molecule has 0 aliphatic rings. The van der Waals surface area contributed by atoms with Crippen LogP contribution in [0.25, 0.3) is 0 Å². The van der Waals surface area contributed by atoms with Crippen LogP contribution in [0, 0.1) is 0 Å². The molecule has 120 valence electrons. The lowest BCUT2D eigenvalue weighted by atomic mass is 10.3. The van der Waals surface area contributed by atoms with Gasteiger partial charge < -0.3 is 10.5 Å². The summed E-state index contributed by atoms with van der Waals surface area (Å²) < 4.78 is 79.9. The van der Waals surface area contributed by atoms with Crippen molar-refractivity contribution in [2.24, 2.45) is 0 Å². The lowest BCUT2D eigenvalue weighted by Gasteiger charge is -2.17. The van der Waals surface area contributed by atoms with Gasteiger partial charge in [-0.25, -0.2) is 21.9 Å². The van der Waals surface area contributed by atoms with Crippen LogP contribution in [-0.2, 0) is 10.0 Å². The molecule has 1 rings (SSSR count). The van der Waals surface area contributed by atoms with Gasteiger partial charge in [-0.3, -0.25) is 0 Å². The quantitative estimate of drug-likeness (QED) is 0.572. The third kappa shape index (κ3) is 4.20. The number of sulfonamides is 1. The standard InChI is InChI=1S/C10H11BrF4N2O3S/c1-20-7-2-5(11)6(16)3-8(7)21(18,19)17-4-10(14,15)9(12)13/h2-3,9,17H,4,16H2,1H3. The van der Waals surface area contributed by atoms with Crippen molar-refractivity contribution in [2.45, 2.75) is 17.2 Å². The average molecular weight is 395 g/mol. The number of nitrogen functional groups attached to an aromatic ring is 1. The molecule has 0 heterocycles. The fourth-order valence-electron chi connectivity index (χ4n) is 1.27. The third-order valence-electron chi connectivity index (χ3n) is 2.39. The summed E-state index contributed by atoms with van der Waals surface area (Å²) in [4.78, 5) is -0.532. The number of methoxy groups -OCH3 is 1. The van der Waals surface area contributed by atoms with Gasteiger partial charge in [0.25, 0.3) is 0 Å². The summed E-state index contributed by atoms with van der Waals surface area (Å²) in [6.07, 6.45) is -3.99. The molecule has 0 aliphatic heterocycles. The highest BCUT2D eigenvalue weighted by Crippen LogP contribution is 2.32. The summed E-state index contributed by atoms with van der Waals surface area (Å²) in [5.41, 5.74) is 5.52. The molecule has 0 bridgehead atoms. The molecule has 0 aromatic heterocycles. The van der Waals surface area contributed by atoms with Crippen molar-refractivity contribution < 1.29 is 30.7 Å². The van der Waals surface area contributed by atoms with Crippen LogP contribution in [0.2, 0.25) is 0 Å². The number of hydrogen-bond donors (Lipinski definition) is 2. The number of hydrogen-bond acceptors (Lipinski definition) is 4. The predicted octanol–water partition coefficient (Wildman–Crippen LogP) is 2.22. The van der Waals surface area contributed by atoms with Crippen molar-refractivity contribution in [3.8, 4) is 5.75 Å². The van der Waals surface area contributed by atoms with Gasteiger partial charge in [0, 0.05) is 10.2 Å². The third-order valence-corrected chi connectivity index (χ3v) is 4.50. The molecule has 5 nitrogen and oxygen atoms in total. The van der Waals surface area contributed by atoms with Crippen LogP contribution in [0.5, 0.6) is 5.75 Å². The predicted molar refractivity (Wildman–Crippen MR) is 71.2 cm³/mol. The zero-order valence-corrected chi connectivity index (χ0v) is 12.9. The summed E-state index contributed by atoms with van der Waals surface area (Å²) in [7, 11) is -3.34. The van der Waals surface area contributed by atoms with Crippen LogP contribution in [-0.4, -0.2) is 34.4 Å². The van der Waals surface area contributed by atoms with E-state index in [1.807, 2.05) is 0 Å². The smallest absolute Gasteiger partial charge is 0.320 e. The molecule has 0 saturated carbocycles. The average Bonchev–Trinajstić information content (AvgIpc) is 2.39. The Labute approximate surface area is 126 Å². The Morgan fingerprint density at radius 3 is 2.48 bits per heavy atom. The maximum atomic E-state index is 12.8. The van der Waals surface area contributed by atoms with Crippen molar-refractivity contribution in [2.75, 3.05) is 19.4 Å². The molecule has 0 amide bonds. The second kappa shape index (κ2) is 6.36. The van der Waals surface area contributed by atoms with Crippen LogP contribution in [0.4, 0.5) is 23.2 Å². The maximum absolute atomic E-state index is 12.8. The molecule has 0 aliphatic carbocycles. The van der Waals surface area contributed by atoms with Gasteiger partial charge in [-0.1, -0.05) is 0 Å². The minimum Gasteiger partial charge on any atom is -0.495 e. The second-order valence-electron chi connectivity index (χ2n) is 3.91. The first-order chi connectivity index (χ1) is 9.51. The Hall–Kier alpha value is -1.07. The van der Waals surface area contributed by atoms with Gasteiger partial charge in [0.15, 0.2) is 0 Å². The van der Waals surface area contributed by atoms with E-state index in [9.17, 15) is 26.0 Å². The molecule has 11 heteroatoms. The Morgan fingerprint density at radius 2 is 2.00 bits per heavy atom. The minimum absolute atomic E-state index is 0.0109. The van der Waals surface area contributed by atoms with E-state index in [0.29, 0.717) is 4.47 Å². The van der Waals surface area contributed by atoms with E-state index in [4.69, 9.17) is 10.5 Å². The van der Waals surface area contributed by atoms with Crippen LogP contribution in [0.15, 0.2) is 21.5 Å². The van der Waals surface area contributed by atoms with Gasteiger partial charge >= 0.3 is 12.3 Å². The Bertz CT molecular complexity index is 625. The molecule has 1 aromatic carbocycles. The van der Waals surface area contributed by atoms with Crippen molar-refractivity contribution >= 4 is 31.6 Å². The molecule has 0 saturated heterocycles. The molecular formula is C10H11BrF4N2O3S. The van der Waals surface area contributed by atoms with Gasteiger partial charge in [0.2, 0.25) is 10.0 Å². The minimum atomic E-state index is -4.50. The number of nitrogens with two attached hydrogens (primary N) is 1. The van der Waals surface area contributed by atoms with Crippen molar-refractivity contribution in [1.29, 1.82) is 0 Å². The first-order valence-corrected chi connectivity index (χ1v) is 7.57. The molecule has 1 aromatic rings. The molecule has 0 atom stereocenters. The van der Waals surface area contributed by atoms with Crippen molar-refractivity contribution in [1.82, 2.24) is 4.72 Å². The molecular weight excluding hydrogens is 384 g/mol. The number of nitrogens with one attached hydrogen (secondary N) is 1. The highest BCUT2D eigenvalue weighted by Gasteiger charge is 2.41. The first-order valence-electron chi connectivity index (χ1n) is 5.30. The van der Waals surface area contributed by atoms with Gasteiger partial charge in [-0.15, -0.1) is 0 Å². The molecule has 0 fully saturated rings. The molecule has 3 N–H and O–H groups in total.